The number of carbonyl (C=O) groups is 1. The summed E-state index contributed by atoms with van der Waals surface area (Å²) in [6, 6.07) is 8.10. The molecule has 0 radical (unpaired) electrons. The quantitative estimate of drug-likeness (QED) is 0.652. The Hall–Kier alpha value is -1.94. The highest BCUT2D eigenvalue weighted by Crippen LogP contribution is 2.29. The van der Waals surface area contributed by atoms with Crippen molar-refractivity contribution in [2.75, 3.05) is 0 Å². The van der Waals surface area contributed by atoms with Gasteiger partial charge in [0.25, 0.3) is 0 Å². The molecule has 0 bridgehead atoms. The molecule has 2 heterocycles. The van der Waals surface area contributed by atoms with Crippen LogP contribution < -0.4 is 0 Å². The van der Waals surface area contributed by atoms with Gasteiger partial charge in [0.05, 0.1) is 4.88 Å². The van der Waals surface area contributed by atoms with Crippen LogP contribution in [0.2, 0.25) is 0 Å². The number of halogens is 1. The number of carbonyl (C=O) groups excluding carboxylic acids is 1. The zero-order chi connectivity index (χ0) is 14.3. The summed E-state index contributed by atoms with van der Waals surface area (Å²) in [5, 5.41) is 0.780. The molecule has 0 N–H and O–H groups in total. The van der Waals surface area contributed by atoms with E-state index in [4.69, 9.17) is 4.42 Å². The Balaban J connectivity index is 2.09. The van der Waals surface area contributed by atoms with Crippen LogP contribution in [0.5, 0.6) is 0 Å². The summed E-state index contributed by atoms with van der Waals surface area (Å²) in [6.07, 6.45) is 0.905. The summed E-state index contributed by atoms with van der Waals surface area (Å²) >= 11 is 1.47. The molecule has 4 heteroatoms. The van der Waals surface area contributed by atoms with Crippen molar-refractivity contribution in [3.63, 3.8) is 0 Å². The lowest BCUT2D eigenvalue weighted by Crippen LogP contribution is -1.98. The van der Waals surface area contributed by atoms with Crippen molar-refractivity contribution < 1.29 is 13.6 Å². The molecule has 3 rings (SSSR count). The van der Waals surface area contributed by atoms with E-state index in [-0.39, 0.29) is 11.6 Å². The number of thiophene rings is 1. The van der Waals surface area contributed by atoms with Crippen molar-refractivity contribution in [3.05, 3.63) is 57.2 Å². The van der Waals surface area contributed by atoms with Gasteiger partial charge in [-0.3, -0.25) is 4.79 Å². The van der Waals surface area contributed by atoms with Crippen molar-refractivity contribution in [1.82, 2.24) is 0 Å². The van der Waals surface area contributed by atoms with Crippen LogP contribution >= 0.6 is 11.3 Å². The minimum Gasteiger partial charge on any atom is -0.452 e. The molecule has 20 heavy (non-hydrogen) atoms. The SMILES string of the molecule is CCc1ccc(C(=O)c2oc3cc(F)ccc3c2C)s1. The number of fused-ring (bicyclic) bond motifs is 1. The van der Waals surface area contributed by atoms with Crippen molar-refractivity contribution >= 4 is 28.1 Å². The fraction of sp³-hybridized carbons (Fsp3) is 0.188. The first kappa shape index (κ1) is 13.1. The normalized spacial score (nSPS) is 11.2. The minimum atomic E-state index is -0.366. The van der Waals surface area contributed by atoms with Crippen molar-refractivity contribution in [3.8, 4) is 0 Å². The number of hydrogen-bond donors (Lipinski definition) is 0. The molecule has 2 nitrogen and oxygen atoms in total. The number of ketones is 1. The minimum absolute atomic E-state index is 0.135. The second kappa shape index (κ2) is 4.87. The highest BCUT2D eigenvalue weighted by Gasteiger charge is 2.20. The fourth-order valence-corrected chi connectivity index (χ4v) is 3.10. The summed E-state index contributed by atoms with van der Waals surface area (Å²) < 4.78 is 18.8. The second-order valence-corrected chi connectivity index (χ2v) is 5.81. The van der Waals surface area contributed by atoms with Gasteiger partial charge in [0.1, 0.15) is 11.4 Å². The lowest BCUT2D eigenvalue weighted by atomic mass is 10.1. The molecular formula is C16H13FO2S. The van der Waals surface area contributed by atoms with Gasteiger partial charge in [-0.15, -0.1) is 11.3 Å². The van der Waals surface area contributed by atoms with Gasteiger partial charge < -0.3 is 4.42 Å². The number of hydrogen-bond acceptors (Lipinski definition) is 3. The predicted molar refractivity (Wildman–Crippen MR) is 78.0 cm³/mol. The van der Waals surface area contributed by atoms with Gasteiger partial charge in [0.2, 0.25) is 5.78 Å². The van der Waals surface area contributed by atoms with Crippen LogP contribution in [-0.2, 0) is 6.42 Å². The average molecular weight is 288 g/mol. The number of aryl methyl sites for hydroxylation is 2. The largest absolute Gasteiger partial charge is 0.452 e. The topological polar surface area (TPSA) is 30.2 Å². The van der Waals surface area contributed by atoms with E-state index < -0.39 is 0 Å². The molecule has 0 aliphatic carbocycles. The molecule has 3 aromatic rings. The third kappa shape index (κ3) is 2.06. The number of benzene rings is 1. The maximum atomic E-state index is 13.2. The molecule has 0 saturated heterocycles. The van der Waals surface area contributed by atoms with Crippen molar-refractivity contribution in [1.29, 1.82) is 0 Å². The van der Waals surface area contributed by atoms with Crippen molar-refractivity contribution in [2.24, 2.45) is 0 Å². The molecule has 0 atom stereocenters. The summed E-state index contributed by atoms with van der Waals surface area (Å²) in [5.74, 6) is -0.200. The Morgan fingerprint density at radius 1 is 1.30 bits per heavy atom. The maximum absolute atomic E-state index is 13.2. The van der Waals surface area contributed by atoms with E-state index >= 15 is 0 Å². The molecule has 2 aromatic heterocycles. The average Bonchev–Trinajstić information content (AvgIpc) is 3.03. The number of furan rings is 1. The monoisotopic (exact) mass is 288 g/mol. The first-order valence-corrected chi connectivity index (χ1v) is 7.24. The smallest absolute Gasteiger partial charge is 0.238 e. The summed E-state index contributed by atoms with van der Waals surface area (Å²) in [4.78, 5) is 14.3. The summed E-state index contributed by atoms with van der Waals surface area (Å²) in [5.41, 5.74) is 1.18. The Morgan fingerprint density at radius 2 is 2.10 bits per heavy atom. The van der Waals surface area contributed by atoms with Crippen LogP contribution in [0.3, 0.4) is 0 Å². The molecule has 1 aromatic carbocycles. The Morgan fingerprint density at radius 3 is 2.80 bits per heavy atom. The molecule has 0 aliphatic heterocycles. The Kier molecular flexibility index (Phi) is 3.18. The highest BCUT2D eigenvalue weighted by molar-refractivity contribution is 7.14. The van der Waals surface area contributed by atoms with E-state index in [1.165, 1.54) is 23.5 Å². The van der Waals surface area contributed by atoms with E-state index in [1.807, 2.05) is 19.1 Å². The highest BCUT2D eigenvalue weighted by atomic mass is 32.1. The van der Waals surface area contributed by atoms with Crippen LogP contribution in [0.1, 0.15) is 32.8 Å². The van der Waals surface area contributed by atoms with Gasteiger partial charge in [-0.25, -0.2) is 4.39 Å². The van der Waals surface area contributed by atoms with Gasteiger partial charge >= 0.3 is 0 Å². The zero-order valence-electron chi connectivity index (χ0n) is 11.2. The van der Waals surface area contributed by atoms with Crippen LogP contribution in [0.4, 0.5) is 4.39 Å². The number of rotatable bonds is 3. The molecule has 102 valence electrons. The van der Waals surface area contributed by atoms with E-state index in [9.17, 15) is 9.18 Å². The van der Waals surface area contributed by atoms with Crippen LogP contribution in [0, 0.1) is 12.7 Å². The first-order chi connectivity index (χ1) is 9.60. The molecule has 0 aliphatic rings. The van der Waals surface area contributed by atoms with Crippen molar-refractivity contribution in [2.45, 2.75) is 20.3 Å². The molecule has 0 fully saturated rings. The summed E-state index contributed by atoms with van der Waals surface area (Å²) in [6.45, 7) is 3.88. The standard InChI is InChI=1S/C16H13FO2S/c1-3-11-5-7-14(20-11)15(18)16-9(2)12-6-4-10(17)8-13(12)19-16/h4-8H,3H2,1-2H3. The molecule has 0 unspecified atom stereocenters. The van der Waals surface area contributed by atoms with Gasteiger partial charge in [0, 0.05) is 21.9 Å². The van der Waals surface area contributed by atoms with Gasteiger partial charge in [-0.2, -0.15) is 0 Å². The van der Waals surface area contributed by atoms with Crippen LogP contribution in [0.15, 0.2) is 34.7 Å². The van der Waals surface area contributed by atoms with Gasteiger partial charge in [-0.1, -0.05) is 6.92 Å². The van der Waals surface area contributed by atoms with Crippen LogP contribution in [0.25, 0.3) is 11.0 Å². The fourth-order valence-electron chi connectivity index (χ4n) is 2.22. The molecule has 0 amide bonds. The first-order valence-electron chi connectivity index (χ1n) is 6.42. The van der Waals surface area contributed by atoms with Gasteiger partial charge in [-0.05, 0) is 37.6 Å². The third-order valence-electron chi connectivity index (χ3n) is 3.34. The Labute approximate surface area is 119 Å². The van der Waals surface area contributed by atoms with E-state index in [1.54, 1.807) is 6.07 Å². The molecular weight excluding hydrogens is 275 g/mol. The third-order valence-corrected chi connectivity index (χ3v) is 4.57. The molecule has 0 saturated carbocycles. The van der Waals surface area contributed by atoms with E-state index in [0.29, 0.717) is 16.2 Å². The molecule has 0 spiro atoms. The maximum Gasteiger partial charge on any atom is 0.238 e. The zero-order valence-corrected chi connectivity index (χ0v) is 12.0. The Bertz CT molecular complexity index is 798. The van der Waals surface area contributed by atoms with Gasteiger partial charge in [0.15, 0.2) is 5.76 Å². The predicted octanol–water partition coefficient (Wildman–Crippen LogP) is 4.74. The van der Waals surface area contributed by atoms with E-state index in [0.717, 1.165) is 22.2 Å². The van der Waals surface area contributed by atoms with Crippen LogP contribution in [-0.4, -0.2) is 5.78 Å². The lowest BCUT2D eigenvalue weighted by Gasteiger charge is -1.94. The summed E-state index contributed by atoms with van der Waals surface area (Å²) in [7, 11) is 0. The second-order valence-electron chi connectivity index (χ2n) is 4.65. The van der Waals surface area contributed by atoms with E-state index in [2.05, 4.69) is 6.92 Å². The lowest BCUT2D eigenvalue weighted by molar-refractivity contribution is 0.101.